The van der Waals surface area contributed by atoms with Gasteiger partial charge in [0.25, 0.3) is 0 Å². The Morgan fingerprint density at radius 3 is 1.67 bits per heavy atom. The van der Waals surface area contributed by atoms with Crippen molar-refractivity contribution in [3.8, 4) is 0 Å². The maximum Gasteiger partial charge on any atom is 0.321 e. The van der Waals surface area contributed by atoms with E-state index in [4.69, 9.17) is 9.47 Å². The molecule has 0 aromatic heterocycles. The Labute approximate surface area is 161 Å². The van der Waals surface area contributed by atoms with Crippen LogP contribution in [0.4, 0.5) is 5.69 Å². The van der Waals surface area contributed by atoms with Crippen molar-refractivity contribution < 1.29 is 23.9 Å². The lowest BCUT2D eigenvalue weighted by molar-refractivity contribution is -0.167. The number of ketones is 1. The molecule has 0 spiro atoms. The van der Waals surface area contributed by atoms with E-state index >= 15 is 0 Å². The van der Waals surface area contributed by atoms with Gasteiger partial charge in [0.2, 0.25) is 0 Å². The molecular formula is C21H31NO5. The van der Waals surface area contributed by atoms with Gasteiger partial charge in [-0.2, -0.15) is 0 Å². The molecule has 0 aliphatic heterocycles. The zero-order chi connectivity index (χ0) is 20.7. The van der Waals surface area contributed by atoms with Gasteiger partial charge < -0.3 is 19.2 Å². The smallest absolute Gasteiger partial charge is 0.321 e. The fourth-order valence-corrected chi connectivity index (χ4v) is 2.79. The van der Waals surface area contributed by atoms with Gasteiger partial charge in [0.05, 0.1) is 12.2 Å². The lowest BCUT2D eigenvalue weighted by Gasteiger charge is -2.26. The zero-order valence-corrected chi connectivity index (χ0v) is 17.3. The molecule has 0 saturated heterocycles. The molecule has 0 amide bonds. The molecule has 0 aliphatic carbocycles. The minimum absolute atomic E-state index is 0.0480. The summed E-state index contributed by atoms with van der Waals surface area (Å²) < 4.78 is 10.6. The summed E-state index contributed by atoms with van der Waals surface area (Å²) in [4.78, 5) is 39.2. The molecule has 0 fully saturated rings. The summed E-state index contributed by atoms with van der Waals surface area (Å²) in [6.45, 7) is 8.31. The Hall–Kier alpha value is -2.37. The average molecular weight is 377 g/mol. The molecule has 6 nitrogen and oxygen atoms in total. The van der Waals surface area contributed by atoms with Gasteiger partial charge in [-0.25, -0.2) is 0 Å². The Morgan fingerprint density at radius 1 is 0.889 bits per heavy atom. The molecular weight excluding hydrogens is 346 g/mol. The highest BCUT2D eigenvalue weighted by molar-refractivity contribution is 5.97. The van der Waals surface area contributed by atoms with E-state index in [-0.39, 0.29) is 24.4 Å². The van der Waals surface area contributed by atoms with E-state index in [1.54, 1.807) is 27.7 Å². The van der Waals surface area contributed by atoms with Gasteiger partial charge >= 0.3 is 11.9 Å². The standard InChI is InChI=1S/C21H31NO5/c1-13(2)26-20(24)19(21(25)27-14(3)4)18(12-15(5)23)16-8-10-17(11-9-16)22(6)7/h8-11,13-14,18-19H,12H2,1-7H3/t18-/m0/s1. The molecule has 6 heteroatoms. The summed E-state index contributed by atoms with van der Waals surface area (Å²) in [7, 11) is 3.84. The predicted octanol–water partition coefficient (Wildman–Crippen LogP) is 3.33. The first-order chi connectivity index (χ1) is 12.5. The van der Waals surface area contributed by atoms with Crippen LogP contribution in [0.15, 0.2) is 24.3 Å². The number of Topliss-reactive ketones (excluding diaryl/α,β-unsaturated/α-hetero) is 1. The van der Waals surface area contributed by atoms with Crippen molar-refractivity contribution in [3.05, 3.63) is 29.8 Å². The quantitative estimate of drug-likeness (QED) is 0.485. The molecule has 1 aromatic rings. The number of carbonyl (C=O) groups is 3. The molecule has 27 heavy (non-hydrogen) atoms. The molecule has 150 valence electrons. The highest BCUT2D eigenvalue weighted by Crippen LogP contribution is 2.32. The topological polar surface area (TPSA) is 72.9 Å². The van der Waals surface area contributed by atoms with Crippen LogP contribution in [0.25, 0.3) is 0 Å². The molecule has 0 N–H and O–H groups in total. The summed E-state index contributed by atoms with van der Waals surface area (Å²) in [6, 6.07) is 7.45. The molecule has 0 radical (unpaired) electrons. The molecule has 0 bridgehead atoms. The summed E-state index contributed by atoms with van der Waals surface area (Å²) in [5, 5.41) is 0. The Balaban J connectivity index is 3.34. The summed E-state index contributed by atoms with van der Waals surface area (Å²) in [5.74, 6) is -3.28. The van der Waals surface area contributed by atoms with Crippen molar-refractivity contribution in [2.24, 2.45) is 5.92 Å². The second-order valence-electron chi connectivity index (χ2n) is 7.45. The number of ether oxygens (including phenoxy) is 2. The van der Waals surface area contributed by atoms with Crippen LogP contribution in [0.1, 0.15) is 52.5 Å². The van der Waals surface area contributed by atoms with Crippen LogP contribution < -0.4 is 4.90 Å². The van der Waals surface area contributed by atoms with Gasteiger partial charge in [0, 0.05) is 32.1 Å². The number of benzene rings is 1. The number of hydrogen-bond donors (Lipinski definition) is 0. The maximum absolute atomic E-state index is 12.7. The van der Waals surface area contributed by atoms with E-state index in [1.807, 2.05) is 43.3 Å². The van der Waals surface area contributed by atoms with Crippen LogP contribution in [0.2, 0.25) is 0 Å². The van der Waals surface area contributed by atoms with Gasteiger partial charge in [-0.3, -0.25) is 9.59 Å². The van der Waals surface area contributed by atoms with Crippen molar-refractivity contribution in [1.82, 2.24) is 0 Å². The summed E-state index contributed by atoms with van der Waals surface area (Å²) >= 11 is 0. The molecule has 0 saturated carbocycles. The van der Waals surface area contributed by atoms with Crippen molar-refractivity contribution in [3.63, 3.8) is 0 Å². The maximum atomic E-state index is 12.7. The normalized spacial score (nSPS) is 12.2. The van der Waals surface area contributed by atoms with Crippen molar-refractivity contribution in [2.45, 2.75) is 59.2 Å². The Kier molecular flexibility index (Phi) is 8.47. The minimum atomic E-state index is -1.19. The first-order valence-corrected chi connectivity index (χ1v) is 9.20. The largest absolute Gasteiger partial charge is 0.462 e. The van der Waals surface area contributed by atoms with E-state index in [0.717, 1.165) is 11.3 Å². The number of rotatable bonds is 9. The van der Waals surface area contributed by atoms with Gasteiger partial charge in [0.15, 0.2) is 5.92 Å². The van der Waals surface area contributed by atoms with Crippen LogP contribution in [-0.2, 0) is 23.9 Å². The van der Waals surface area contributed by atoms with Crippen LogP contribution in [0.3, 0.4) is 0 Å². The summed E-state index contributed by atoms with van der Waals surface area (Å²) in [6.07, 6.45) is -0.700. The third-order valence-electron chi connectivity index (χ3n) is 3.96. The SMILES string of the molecule is CC(=O)C[C@@H](c1ccc(N(C)C)cc1)C(C(=O)OC(C)C)C(=O)OC(C)C. The first-order valence-electron chi connectivity index (χ1n) is 9.20. The Morgan fingerprint density at radius 2 is 1.33 bits per heavy atom. The molecule has 0 heterocycles. The number of nitrogens with zero attached hydrogens (tertiary/aromatic N) is 1. The fourth-order valence-electron chi connectivity index (χ4n) is 2.79. The molecule has 1 rings (SSSR count). The fraction of sp³-hybridized carbons (Fsp3) is 0.571. The van der Waals surface area contributed by atoms with E-state index in [0.29, 0.717) is 0 Å². The third kappa shape index (κ3) is 7.04. The van der Waals surface area contributed by atoms with E-state index in [1.165, 1.54) is 6.92 Å². The number of anilines is 1. The Bertz CT molecular complexity index is 627. The summed E-state index contributed by atoms with van der Waals surface area (Å²) in [5.41, 5.74) is 1.70. The minimum Gasteiger partial charge on any atom is -0.462 e. The van der Waals surface area contributed by atoms with E-state index in [2.05, 4.69) is 0 Å². The van der Waals surface area contributed by atoms with Gasteiger partial charge in [-0.1, -0.05) is 12.1 Å². The lowest BCUT2D eigenvalue weighted by Crippen LogP contribution is -2.36. The monoisotopic (exact) mass is 377 g/mol. The zero-order valence-electron chi connectivity index (χ0n) is 17.3. The van der Waals surface area contributed by atoms with Crippen LogP contribution in [0.5, 0.6) is 0 Å². The third-order valence-corrected chi connectivity index (χ3v) is 3.96. The van der Waals surface area contributed by atoms with E-state index in [9.17, 15) is 14.4 Å². The second kappa shape index (κ2) is 10.1. The lowest BCUT2D eigenvalue weighted by atomic mass is 9.82. The average Bonchev–Trinajstić information content (AvgIpc) is 2.52. The number of hydrogen-bond acceptors (Lipinski definition) is 6. The second-order valence-corrected chi connectivity index (χ2v) is 7.45. The number of carbonyl (C=O) groups excluding carboxylic acids is 3. The van der Waals surface area contributed by atoms with Crippen molar-refractivity contribution in [1.29, 1.82) is 0 Å². The van der Waals surface area contributed by atoms with Crippen LogP contribution in [-0.4, -0.2) is 44.0 Å². The van der Waals surface area contributed by atoms with Gasteiger partial charge in [-0.15, -0.1) is 0 Å². The molecule has 1 aromatic carbocycles. The van der Waals surface area contributed by atoms with Crippen molar-refractivity contribution in [2.75, 3.05) is 19.0 Å². The van der Waals surface area contributed by atoms with Gasteiger partial charge in [-0.05, 0) is 52.3 Å². The molecule has 0 unspecified atom stereocenters. The van der Waals surface area contributed by atoms with Crippen molar-refractivity contribution >= 4 is 23.4 Å². The highest BCUT2D eigenvalue weighted by atomic mass is 16.6. The van der Waals surface area contributed by atoms with E-state index < -0.39 is 23.8 Å². The predicted molar refractivity (Wildman–Crippen MR) is 105 cm³/mol. The highest BCUT2D eigenvalue weighted by Gasteiger charge is 2.40. The van der Waals surface area contributed by atoms with Gasteiger partial charge in [0.1, 0.15) is 5.78 Å². The molecule has 1 atom stereocenters. The van der Waals surface area contributed by atoms with Crippen LogP contribution >= 0.6 is 0 Å². The van der Waals surface area contributed by atoms with Crippen LogP contribution in [0, 0.1) is 5.92 Å². The number of esters is 2. The molecule has 0 aliphatic rings. The first kappa shape index (κ1) is 22.7.